The Labute approximate surface area is 154 Å². The standard InChI is InChI=1S/C17H22N4O6/c18-11(5-9-6-19-12-4-2-1-3-10(9)12)15(24)20-13(7-22)16(25)21-14(8-23)17(26)27/h1-4,6,11,13-14,19,22-23H,5,7-8,18H2,(H,20,24)(H,21,25)(H,26,27)/t11-,13-,14-/m0/s1. The molecule has 0 fully saturated rings. The normalized spacial score (nSPS) is 14.3. The maximum atomic E-state index is 12.3. The van der Waals surface area contributed by atoms with E-state index in [-0.39, 0.29) is 6.42 Å². The number of fused-ring (bicyclic) bond motifs is 1. The Hall–Kier alpha value is -2.95. The Morgan fingerprint density at radius 2 is 1.67 bits per heavy atom. The molecule has 0 unspecified atom stereocenters. The van der Waals surface area contributed by atoms with Crippen molar-refractivity contribution in [3.63, 3.8) is 0 Å². The molecule has 146 valence electrons. The van der Waals surface area contributed by atoms with Crippen LogP contribution in [0.1, 0.15) is 5.56 Å². The van der Waals surface area contributed by atoms with Gasteiger partial charge in [0, 0.05) is 17.1 Å². The molecule has 2 rings (SSSR count). The first-order valence-electron chi connectivity index (χ1n) is 8.23. The van der Waals surface area contributed by atoms with Gasteiger partial charge in [-0.1, -0.05) is 18.2 Å². The number of carboxylic acids is 1. The maximum absolute atomic E-state index is 12.3. The van der Waals surface area contributed by atoms with Crippen LogP contribution in [0.3, 0.4) is 0 Å². The molecule has 1 aromatic heterocycles. The number of aromatic amines is 1. The number of hydrogen-bond acceptors (Lipinski definition) is 6. The lowest BCUT2D eigenvalue weighted by Gasteiger charge is -2.20. The summed E-state index contributed by atoms with van der Waals surface area (Å²) >= 11 is 0. The molecule has 0 saturated carbocycles. The van der Waals surface area contributed by atoms with Crippen molar-refractivity contribution < 1.29 is 29.7 Å². The molecule has 2 amide bonds. The van der Waals surface area contributed by atoms with Crippen LogP contribution in [0.4, 0.5) is 0 Å². The third kappa shape index (κ3) is 5.03. The van der Waals surface area contributed by atoms with Crippen LogP contribution >= 0.6 is 0 Å². The zero-order valence-electron chi connectivity index (χ0n) is 14.4. The zero-order chi connectivity index (χ0) is 20.0. The number of benzene rings is 1. The zero-order valence-corrected chi connectivity index (χ0v) is 14.4. The van der Waals surface area contributed by atoms with Crippen LogP contribution in [0.25, 0.3) is 10.9 Å². The molecule has 0 aliphatic rings. The maximum Gasteiger partial charge on any atom is 0.328 e. The molecule has 0 radical (unpaired) electrons. The van der Waals surface area contributed by atoms with Gasteiger partial charge in [0.05, 0.1) is 19.3 Å². The van der Waals surface area contributed by atoms with Crippen molar-refractivity contribution in [3.8, 4) is 0 Å². The van der Waals surface area contributed by atoms with Crippen molar-refractivity contribution in [2.45, 2.75) is 24.5 Å². The number of carbonyl (C=O) groups is 3. The fourth-order valence-corrected chi connectivity index (χ4v) is 2.56. The minimum Gasteiger partial charge on any atom is -0.480 e. The molecule has 27 heavy (non-hydrogen) atoms. The fourth-order valence-electron chi connectivity index (χ4n) is 2.56. The molecular formula is C17H22N4O6. The van der Waals surface area contributed by atoms with Crippen LogP contribution in [-0.2, 0) is 20.8 Å². The molecule has 1 heterocycles. The van der Waals surface area contributed by atoms with Gasteiger partial charge in [-0.25, -0.2) is 4.79 Å². The lowest BCUT2D eigenvalue weighted by molar-refractivity contribution is -0.143. The topological polar surface area (TPSA) is 178 Å². The number of H-pyrrole nitrogens is 1. The van der Waals surface area contributed by atoms with Crippen LogP contribution in [0.15, 0.2) is 30.5 Å². The highest BCUT2D eigenvalue weighted by molar-refractivity contribution is 5.92. The van der Waals surface area contributed by atoms with E-state index in [4.69, 9.17) is 15.9 Å². The lowest BCUT2D eigenvalue weighted by atomic mass is 10.0. The third-order valence-electron chi connectivity index (χ3n) is 4.06. The van der Waals surface area contributed by atoms with Crippen LogP contribution < -0.4 is 16.4 Å². The summed E-state index contributed by atoms with van der Waals surface area (Å²) in [5.41, 5.74) is 7.63. The molecule has 10 nitrogen and oxygen atoms in total. The van der Waals surface area contributed by atoms with Crippen molar-refractivity contribution in [2.75, 3.05) is 13.2 Å². The first-order valence-corrected chi connectivity index (χ1v) is 8.23. The summed E-state index contributed by atoms with van der Waals surface area (Å²) in [4.78, 5) is 38.2. The van der Waals surface area contributed by atoms with E-state index in [0.717, 1.165) is 16.5 Å². The summed E-state index contributed by atoms with van der Waals surface area (Å²) in [6.45, 7) is -1.58. The average molecular weight is 378 g/mol. The summed E-state index contributed by atoms with van der Waals surface area (Å²) in [5.74, 6) is -3.05. The Morgan fingerprint density at radius 1 is 1.04 bits per heavy atom. The summed E-state index contributed by atoms with van der Waals surface area (Å²) in [6, 6.07) is 3.59. The van der Waals surface area contributed by atoms with E-state index in [1.165, 1.54) is 0 Å². The molecule has 2 aromatic rings. The summed E-state index contributed by atoms with van der Waals surface area (Å²) < 4.78 is 0. The Bertz CT molecular complexity index is 821. The van der Waals surface area contributed by atoms with E-state index < -0.39 is 49.1 Å². The predicted octanol–water partition coefficient (Wildman–Crippen LogP) is -1.92. The van der Waals surface area contributed by atoms with Crippen molar-refractivity contribution in [3.05, 3.63) is 36.0 Å². The summed E-state index contributed by atoms with van der Waals surface area (Å²) in [7, 11) is 0. The number of aliphatic carboxylic acids is 1. The van der Waals surface area contributed by atoms with Crippen LogP contribution in [-0.4, -0.2) is 69.4 Å². The number of hydrogen-bond donors (Lipinski definition) is 7. The van der Waals surface area contributed by atoms with E-state index in [1.807, 2.05) is 29.6 Å². The number of amides is 2. The van der Waals surface area contributed by atoms with E-state index in [0.29, 0.717) is 0 Å². The second-order valence-electron chi connectivity index (χ2n) is 6.00. The number of aromatic nitrogens is 1. The molecule has 1 aromatic carbocycles. The fraction of sp³-hybridized carbons (Fsp3) is 0.353. The first kappa shape index (κ1) is 20.4. The predicted molar refractivity (Wildman–Crippen MR) is 95.6 cm³/mol. The van der Waals surface area contributed by atoms with Crippen LogP contribution in [0.5, 0.6) is 0 Å². The molecule has 0 spiro atoms. The highest BCUT2D eigenvalue weighted by Crippen LogP contribution is 2.18. The van der Waals surface area contributed by atoms with Gasteiger partial charge >= 0.3 is 5.97 Å². The van der Waals surface area contributed by atoms with Gasteiger partial charge in [-0.05, 0) is 18.1 Å². The number of rotatable bonds is 9. The quantitative estimate of drug-likeness (QED) is 0.266. The molecule has 10 heteroatoms. The monoisotopic (exact) mass is 378 g/mol. The number of carbonyl (C=O) groups excluding carboxylic acids is 2. The van der Waals surface area contributed by atoms with E-state index in [1.54, 1.807) is 6.20 Å². The first-order chi connectivity index (χ1) is 12.9. The molecule has 3 atom stereocenters. The van der Waals surface area contributed by atoms with Gasteiger partial charge in [-0.2, -0.15) is 0 Å². The van der Waals surface area contributed by atoms with Gasteiger partial charge in [-0.15, -0.1) is 0 Å². The molecular weight excluding hydrogens is 356 g/mol. The van der Waals surface area contributed by atoms with Gasteiger partial charge in [0.2, 0.25) is 11.8 Å². The van der Waals surface area contributed by atoms with E-state index in [2.05, 4.69) is 10.3 Å². The van der Waals surface area contributed by atoms with Gasteiger partial charge in [0.25, 0.3) is 0 Å². The number of nitrogens with one attached hydrogen (secondary N) is 3. The number of nitrogens with two attached hydrogens (primary N) is 1. The SMILES string of the molecule is N[C@@H](Cc1c[nH]c2ccccc12)C(=O)N[C@@H](CO)C(=O)N[C@@H](CO)C(=O)O. The van der Waals surface area contributed by atoms with Crippen molar-refractivity contribution >= 4 is 28.7 Å². The molecule has 0 saturated heterocycles. The third-order valence-corrected chi connectivity index (χ3v) is 4.06. The number of para-hydroxylation sites is 1. The minimum atomic E-state index is -1.54. The van der Waals surface area contributed by atoms with Crippen LogP contribution in [0, 0.1) is 0 Å². The van der Waals surface area contributed by atoms with Gasteiger partial charge in [0.1, 0.15) is 12.1 Å². The Kier molecular flexibility index (Phi) is 6.88. The molecule has 0 aliphatic heterocycles. The molecule has 8 N–H and O–H groups in total. The second kappa shape index (κ2) is 9.12. The van der Waals surface area contributed by atoms with Gasteiger partial charge in [0.15, 0.2) is 0 Å². The highest BCUT2D eigenvalue weighted by atomic mass is 16.4. The van der Waals surface area contributed by atoms with Gasteiger partial charge < -0.3 is 36.7 Å². The largest absolute Gasteiger partial charge is 0.480 e. The number of carboxylic acid groups (broad SMARTS) is 1. The minimum absolute atomic E-state index is 0.198. The summed E-state index contributed by atoms with van der Waals surface area (Å²) in [6.07, 6.45) is 1.94. The van der Waals surface area contributed by atoms with Crippen LogP contribution in [0.2, 0.25) is 0 Å². The summed E-state index contributed by atoms with van der Waals surface area (Å²) in [5, 5.41) is 32.3. The Balaban J connectivity index is 1.98. The van der Waals surface area contributed by atoms with Crippen molar-refractivity contribution in [1.29, 1.82) is 0 Å². The Morgan fingerprint density at radius 3 is 2.30 bits per heavy atom. The number of aliphatic hydroxyl groups excluding tert-OH is 2. The van der Waals surface area contributed by atoms with E-state index in [9.17, 15) is 19.5 Å². The average Bonchev–Trinajstić information content (AvgIpc) is 3.06. The number of aliphatic hydroxyl groups is 2. The smallest absolute Gasteiger partial charge is 0.328 e. The molecule has 0 aliphatic carbocycles. The van der Waals surface area contributed by atoms with E-state index >= 15 is 0 Å². The van der Waals surface area contributed by atoms with Crippen molar-refractivity contribution in [2.24, 2.45) is 5.73 Å². The van der Waals surface area contributed by atoms with Gasteiger partial charge in [-0.3, -0.25) is 9.59 Å². The van der Waals surface area contributed by atoms with Crippen molar-refractivity contribution in [1.82, 2.24) is 15.6 Å². The molecule has 0 bridgehead atoms. The highest BCUT2D eigenvalue weighted by Gasteiger charge is 2.27. The second-order valence-corrected chi connectivity index (χ2v) is 6.00. The lowest BCUT2D eigenvalue weighted by Crippen LogP contribution is -2.56.